The Morgan fingerprint density at radius 3 is 2.61 bits per heavy atom. The molecule has 0 saturated carbocycles. The molecule has 0 aliphatic carbocycles. The van der Waals surface area contributed by atoms with Gasteiger partial charge >= 0.3 is 0 Å². The summed E-state index contributed by atoms with van der Waals surface area (Å²) in [6.45, 7) is 5.29. The van der Waals surface area contributed by atoms with Gasteiger partial charge in [-0.3, -0.25) is 4.79 Å². The first-order valence-corrected chi connectivity index (χ1v) is 8.84. The van der Waals surface area contributed by atoms with Crippen LogP contribution in [-0.2, 0) is 0 Å². The van der Waals surface area contributed by atoms with E-state index in [1.165, 1.54) is 24.4 Å². The van der Waals surface area contributed by atoms with E-state index in [1.54, 1.807) is 0 Å². The molecule has 5 heteroatoms. The number of Topliss-reactive ketones (excluding diaryl/α,β-unsaturated/α-hetero) is 1. The summed E-state index contributed by atoms with van der Waals surface area (Å²) in [6.07, 6.45) is 3.43. The number of aromatic nitrogens is 1. The predicted molar refractivity (Wildman–Crippen MR) is 98.6 cm³/mol. The molecule has 0 spiro atoms. The molecule has 0 amide bonds. The molecule has 1 aromatic heterocycles. The number of nitrogens with zero attached hydrogens (tertiary/aromatic N) is 2. The highest BCUT2D eigenvalue weighted by atomic mass is 35.5. The van der Waals surface area contributed by atoms with Crippen molar-refractivity contribution in [3.63, 3.8) is 0 Å². The molecule has 1 unspecified atom stereocenters. The third kappa shape index (κ3) is 4.40. The van der Waals surface area contributed by atoms with Gasteiger partial charge in [0.05, 0.1) is 10.6 Å². The van der Waals surface area contributed by atoms with Gasteiger partial charge in [-0.15, -0.1) is 12.4 Å². The number of hydrogen-bond donors (Lipinski definition) is 0. The Morgan fingerprint density at radius 2 is 1.96 bits per heavy atom. The molecule has 1 aliphatic rings. The van der Waals surface area contributed by atoms with Crippen molar-refractivity contribution in [3.8, 4) is 11.3 Å². The Kier molecular flexibility index (Phi) is 6.75. The normalized spacial score (nSPS) is 16.0. The van der Waals surface area contributed by atoms with E-state index in [9.17, 15) is 4.79 Å². The summed E-state index contributed by atoms with van der Waals surface area (Å²) < 4.78 is 4.46. The fourth-order valence-corrected chi connectivity index (χ4v) is 3.79. The van der Waals surface area contributed by atoms with Crippen LogP contribution in [-0.4, -0.2) is 34.7 Å². The highest BCUT2D eigenvalue weighted by molar-refractivity contribution is 7.08. The monoisotopic (exact) mass is 350 g/mol. The minimum Gasteiger partial charge on any atom is -0.303 e. The van der Waals surface area contributed by atoms with Gasteiger partial charge in [0.1, 0.15) is 0 Å². The first kappa shape index (κ1) is 18.1. The molecule has 1 aromatic carbocycles. The van der Waals surface area contributed by atoms with E-state index in [1.807, 2.05) is 36.4 Å². The number of rotatable bonds is 6. The lowest BCUT2D eigenvalue weighted by Crippen LogP contribution is -2.30. The topological polar surface area (TPSA) is 33.2 Å². The van der Waals surface area contributed by atoms with Crippen LogP contribution in [0, 0.1) is 5.92 Å². The summed E-state index contributed by atoms with van der Waals surface area (Å²) in [5, 5.41) is 0. The number of benzene rings is 1. The molecule has 2 aromatic rings. The lowest BCUT2D eigenvalue weighted by molar-refractivity contribution is 0.0890. The Bertz CT molecular complexity index is 623. The van der Waals surface area contributed by atoms with Crippen LogP contribution in [0.25, 0.3) is 11.3 Å². The Labute approximate surface area is 148 Å². The largest absolute Gasteiger partial charge is 0.303 e. The van der Waals surface area contributed by atoms with Crippen molar-refractivity contribution >= 4 is 29.7 Å². The van der Waals surface area contributed by atoms with Crippen LogP contribution < -0.4 is 0 Å². The third-order valence-electron chi connectivity index (χ3n) is 4.36. The minimum absolute atomic E-state index is 0. The molecule has 2 heterocycles. The molecule has 0 radical (unpaired) electrons. The standard InChI is InChI=1S/C18H22N2OS.ClH/c1-2-14(13-20-10-6-7-11-20)18(21)17-12-16(19-22-17)15-8-4-3-5-9-15;/h3-5,8-9,12,14H,2,6-7,10-11,13H2,1H3;1H. The van der Waals surface area contributed by atoms with Crippen molar-refractivity contribution in [1.82, 2.24) is 9.27 Å². The van der Waals surface area contributed by atoms with E-state index < -0.39 is 0 Å². The van der Waals surface area contributed by atoms with Gasteiger partial charge in [0.15, 0.2) is 5.78 Å². The van der Waals surface area contributed by atoms with Crippen LogP contribution in [0.5, 0.6) is 0 Å². The van der Waals surface area contributed by atoms with Crippen molar-refractivity contribution in [2.45, 2.75) is 26.2 Å². The molecule has 23 heavy (non-hydrogen) atoms. The van der Waals surface area contributed by atoms with Gasteiger partial charge in [0, 0.05) is 18.0 Å². The van der Waals surface area contributed by atoms with E-state index in [4.69, 9.17) is 0 Å². The van der Waals surface area contributed by atoms with Gasteiger partial charge in [-0.25, -0.2) is 0 Å². The number of carbonyl (C=O) groups is 1. The Morgan fingerprint density at radius 1 is 1.26 bits per heavy atom. The maximum absolute atomic E-state index is 12.8. The fraction of sp³-hybridized carbons (Fsp3) is 0.444. The zero-order valence-corrected chi connectivity index (χ0v) is 15.0. The zero-order chi connectivity index (χ0) is 15.4. The molecule has 1 atom stereocenters. The fourth-order valence-electron chi connectivity index (χ4n) is 3.01. The molecular formula is C18H23ClN2OS. The average molecular weight is 351 g/mol. The van der Waals surface area contributed by atoms with Crippen LogP contribution in [0.1, 0.15) is 35.9 Å². The minimum atomic E-state index is 0. The maximum Gasteiger partial charge on any atom is 0.178 e. The maximum atomic E-state index is 12.8. The summed E-state index contributed by atoms with van der Waals surface area (Å²) in [5.74, 6) is 0.358. The zero-order valence-electron chi connectivity index (χ0n) is 13.4. The van der Waals surface area contributed by atoms with Crippen LogP contribution in [0.2, 0.25) is 0 Å². The first-order valence-electron chi connectivity index (χ1n) is 8.06. The first-order chi connectivity index (χ1) is 10.8. The number of halogens is 1. The van der Waals surface area contributed by atoms with Crippen molar-refractivity contribution in [2.75, 3.05) is 19.6 Å². The van der Waals surface area contributed by atoms with Crippen molar-refractivity contribution in [2.24, 2.45) is 5.92 Å². The SMILES string of the molecule is CCC(CN1CCCC1)C(=O)c1cc(-c2ccccc2)ns1.Cl. The van der Waals surface area contributed by atoms with E-state index in [-0.39, 0.29) is 24.1 Å². The van der Waals surface area contributed by atoms with Gasteiger partial charge < -0.3 is 4.90 Å². The highest BCUT2D eigenvalue weighted by Crippen LogP contribution is 2.25. The molecule has 3 rings (SSSR count). The smallest absolute Gasteiger partial charge is 0.178 e. The number of ketones is 1. The summed E-state index contributed by atoms with van der Waals surface area (Å²) >= 11 is 1.34. The molecule has 3 nitrogen and oxygen atoms in total. The van der Waals surface area contributed by atoms with Gasteiger partial charge in [0.25, 0.3) is 0 Å². The molecule has 1 aliphatic heterocycles. The predicted octanol–water partition coefficient (Wildman–Crippen LogP) is 4.54. The molecule has 124 valence electrons. The van der Waals surface area contributed by atoms with Crippen molar-refractivity contribution in [1.29, 1.82) is 0 Å². The molecule has 1 saturated heterocycles. The van der Waals surface area contributed by atoms with E-state index in [0.717, 1.165) is 42.2 Å². The second-order valence-corrected chi connectivity index (χ2v) is 6.72. The van der Waals surface area contributed by atoms with E-state index in [2.05, 4.69) is 16.2 Å². The Hall–Kier alpha value is -1.23. The quantitative estimate of drug-likeness (QED) is 0.717. The third-order valence-corrected chi connectivity index (χ3v) is 5.17. The second-order valence-electron chi connectivity index (χ2n) is 5.92. The summed E-state index contributed by atoms with van der Waals surface area (Å²) in [5.41, 5.74) is 1.98. The second kappa shape index (κ2) is 8.57. The molecular weight excluding hydrogens is 328 g/mol. The summed E-state index contributed by atoms with van der Waals surface area (Å²) in [7, 11) is 0. The molecule has 0 bridgehead atoms. The van der Waals surface area contributed by atoms with Crippen molar-refractivity contribution < 1.29 is 4.79 Å². The summed E-state index contributed by atoms with van der Waals surface area (Å²) in [4.78, 5) is 16.0. The van der Waals surface area contributed by atoms with Crippen LogP contribution in [0.15, 0.2) is 36.4 Å². The van der Waals surface area contributed by atoms with Gasteiger partial charge in [-0.2, -0.15) is 4.37 Å². The average Bonchev–Trinajstić information content (AvgIpc) is 3.24. The number of likely N-dealkylation sites (tertiary alicyclic amines) is 1. The molecule has 0 N–H and O–H groups in total. The van der Waals surface area contributed by atoms with Gasteiger partial charge in [0.2, 0.25) is 0 Å². The summed E-state index contributed by atoms with van der Waals surface area (Å²) in [6, 6.07) is 12.0. The van der Waals surface area contributed by atoms with E-state index in [0.29, 0.717) is 0 Å². The van der Waals surface area contributed by atoms with Crippen molar-refractivity contribution in [3.05, 3.63) is 41.3 Å². The van der Waals surface area contributed by atoms with Crippen LogP contribution in [0.3, 0.4) is 0 Å². The molecule has 1 fully saturated rings. The van der Waals surface area contributed by atoms with Crippen LogP contribution in [0.4, 0.5) is 0 Å². The van der Waals surface area contributed by atoms with Gasteiger partial charge in [-0.05, 0) is 50.0 Å². The highest BCUT2D eigenvalue weighted by Gasteiger charge is 2.24. The number of hydrogen-bond acceptors (Lipinski definition) is 4. The lowest BCUT2D eigenvalue weighted by atomic mass is 9.98. The van der Waals surface area contributed by atoms with Gasteiger partial charge in [-0.1, -0.05) is 37.3 Å². The number of carbonyl (C=O) groups excluding carboxylic acids is 1. The van der Waals surface area contributed by atoms with Crippen LogP contribution >= 0.6 is 23.9 Å². The van der Waals surface area contributed by atoms with E-state index >= 15 is 0 Å². The lowest BCUT2D eigenvalue weighted by Gasteiger charge is -2.20. The Balaban J connectivity index is 0.00000192.